The summed E-state index contributed by atoms with van der Waals surface area (Å²) in [6.07, 6.45) is 5.85. The molecule has 1 N–H and O–H groups in total. The van der Waals surface area contributed by atoms with Crippen molar-refractivity contribution in [2.24, 2.45) is 23.2 Å². The Hall–Kier alpha value is -1.08. The Labute approximate surface area is 127 Å². The normalized spacial score (nSPS) is 36.9. The van der Waals surface area contributed by atoms with Gasteiger partial charge in [-0.1, -0.05) is 13.8 Å². The highest BCUT2D eigenvalue weighted by molar-refractivity contribution is 5.79. The second-order valence-corrected chi connectivity index (χ2v) is 7.70. The molecule has 21 heavy (non-hydrogen) atoms. The molecule has 1 aliphatic heterocycles. The first kappa shape index (κ1) is 14.8. The maximum absolute atomic E-state index is 12.2. The van der Waals surface area contributed by atoms with Crippen LogP contribution in [-0.4, -0.2) is 36.5 Å². The van der Waals surface area contributed by atoms with Crippen molar-refractivity contribution in [2.45, 2.75) is 52.0 Å². The van der Waals surface area contributed by atoms with E-state index in [1.165, 1.54) is 19.3 Å². The fourth-order valence-electron chi connectivity index (χ4n) is 4.87. The predicted octanol–water partition coefficient (Wildman–Crippen LogP) is 2.16. The standard InChI is InChI=1S/C17H27N3O/c1-17(2)13-6-5-12(15(17)8-13)10-19-11-16(21)20-7-3-4-14(20)9-18/h12-15,19H,3-8,10-11H2,1-2H3/t12?,13-,14-,15-/m0/s1. The number of nitriles is 1. The molecule has 0 aromatic heterocycles. The number of fused-ring (bicyclic) bond motifs is 2. The molecule has 0 radical (unpaired) electrons. The average molecular weight is 289 g/mol. The van der Waals surface area contributed by atoms with Crippen molar-refractivity contribution in [3.05, 3.63) is 0 Å². The van der Waals surface area contributed by atoms with E-state index >= 15 is 0 Å². The van der Waals surface area contributed by atoms with Crippen LogP contribution in [0.1, 0.15) is 46.0 Å². The molecule has 116 valence electrons. The van der Waals surface area contributed by atoms with Crippen LogP contribution in [0.4, 0.5) is 0 Å². The molecule has 0 aromatic carbocycles. The van der Waals surface area contributed by atoms with Gasteiger partial charge >= 0.3 is 0 Å². The molecule has 3 aliphatic carbocycles. The Kier molecular flexibility index (Phi) is 3.96. The first-order valence-electron chi connectivity index (χ1n) is 8.44. The van der Waals surface area contributed by atoms with Crippen LogP contribution in [0, 0.1) is 34.5 Å². The number of nitrogens with zero attached hydrogens (tertiary/aromatic N) is 2. The van der Waals surface area contributed by atoms with Gasteiger partial charge in [-0.3, -0.25) is 4.79 Å². The highest BCUT2D eigenvalue weighted by Gasteiger charge is 2.53. The Morgan fingerprint density at radius 2 is 2.19 bits per heavy atom. The minimum atomic E-state index is -0.194. The molecule has 1 heterocycles. The van der Waals surface area contributed by atoms with Gasteiger partial charge in [0.25, 0.3) is 0 Å². The quantitative estimate of drug-likeness (QED) is 0.863. The van der Waals surface area contributed by atoms with Gasteiger partial charge in [-0.25, -0.2) is 0 Å². The van der Waals surface area contributed by atoms with Gasteiger partial charge in [0.05, 0.1) is 12.6 Å². The lowest BCUT2D eigenvalue weighted by atomic mass is 9.45. The van der Waals surface area contributed by atoms with Crippen molar-refractivity contribution in [3.63, 3.8) is 0 Å². The van der Waals surface area contributed by atoms with E-state index < -0.39 is 0 Å². The highest BCUT2D eigenvalue weighted by Crippen LogP contribution is 2.61. The van der Waals surface area contributed by atoms with Gasteiger partial charge in [-0.05, 0) is 61.8 Å². The summed E-state index contributed by atoms with van der Waals surface area (Å²) >= 11 is 0. The summed E-state index contributed by atoms with van der Waals surface area (Å²) in [5.41, 5.74) is 0.509. The molecule has 3 saturated carbocycles. The van der Waals surface area contributed by atoms with E-state index in [1.807, 2.05) is 0 Å². The Morgan fingerprint density at radius 1 is 1.38 bits per heavy atom. The van der Waals surface area contributed by atoms with Gasteiger partial charge in [0.1, 0.15) is 6.04 Å². The molecule has 1 saturated heterocycles. The van der Waals surface area contributed by atoms with E-state index in [2.05, 4.69) is 25.2 Å². The molecule has 1 unspecified atom stereocenters. The van der Waals surface area contributed by atoms with Gasteiger partial charge in [-0.2, -0.15) is 5.26 Å². The van der Waals surface area contributed by atoms with Gasteiger partial charge in [0.15, 0.2) is 0 Å². The van der Waals surface area contributed by atoms with E-state index in [4.69, 9.17) is 5.26 Å². The van der Waals surface area contributed by atoms with Gasteiger partial charge < -0.3 is 10.2 Å². The first-order chi connectivity index (χ1) is 10.0. The van der Waals surface area contributed by atoms with E-state index in [0.717, 1.165) is 43.7 Å². The fraction of sp³-hybridized carbons (Fsp3) is 0.882. The van der Waals surface area contributed by atoms with Crippen LogP contribution >= 0.6 is 0 Å². The van der Waals surface area contributed by atoms with Crippen LogP contribution in [-0.2, 0) is 4.79 Å². The third kappa shape index (κ3) is 2.57. The van der Waals surface area contributed by atoms with Crippen LogP contribution in [0.15, 0.2) is 0 Å². The Morgan fingerprint density at radius 3 is 2.86 bits per heavy atom. The number of amides is 1. The molecule has 0 aromatic rings. The third-order valence-electron chi connectivity index (χ3n) is 6.41. The molecule has 4 rings (SSSR count). The summed E-state index contributed by atoms with van der Waals surface area (Å²) in [4.78, 5) is 13.9. The van der Waals surface area contributed by atoms with Crippen molar-refractivity contribution >= 4 is 5.91 Å². The molecule has 4 atom stereocenters. The van der Waals surface area contributed by atoms with Crippen molar-refractivity contribution in [1.29, 1.82) is 5.26 Å². The summed E-state index contributed by atoms with van der Waals surface area (Å²) in [6.45, 7) is 6.91. The fourth-order valence-corrected chi connectivity index (χ4v) is 4.87. The van der Waals surface area contributed by atoms with Gasteiger partial charge in [0, 0.05) is 6.54 Å². The summed E-state index contributed by atoms with van der Waals surface area (Å²) in [5, 5.41) is 12.4. The monoisotopic (exact) mass is 289 g/mol. The average Bonchev–Trinajstić information content (AvgIpc) is 2.95. The number of hydrogen-bond acceptors (Lipinski definition) is 3. The largest absolute Gasteiger partial charge is 0.326 e. The minimum absolute atomic E-state index is 0.0978. The summed E-state index contributed by atoms with van der Waals surface area (Å²) in [6, 6.07) is 2.04. The van der Waals surface area contributed by atoms with Crippen LogP contribution in [0.5, 0.6) is 0 Å². The summed E-state index contributed by atoms with van der Waals surface area (Å²) in [7, 11) is 0. The second-order valence-electron chi connectivity index (χ2n) is 7.70. The van der Waals surface area contributed by atoms with E-state index in [-0.39, 0.29) is 11.9 Å². The van der Waals surface area contributed by atoms with Crippen molar-refractivity contribution in [3.8, 4) is 6.07 Å². The van der Waals surface area contributed by atoms with Gasteiger partial charge in [0.2, 0.25) is 5.91 Å². The minimum Gasteiger partial charge on any atom is -0.326 e. The molecule has 1 amide bonds. The van der Waals surface area contributed by atoms with E-state index in [0.29, 0.717) is 12.0 Å². The summed E-state index contributed by atoms with van der Waals surface area (Å²) in [5.74, 6) is 2.59. The number of nitrogens with one attached hydrogen (secondary N) is 1. The Balaban J connectivity index is 1.44. The van der Waals surface area contributed by atoms with Crippen molar-refractivity contribution in [2.75, 3.05) is 19.6 Å². The predicted molar refractivity (Wildman–Crippen MR) is 81.3 cm³/mol. The smallest absolute Gasteiger partial charge is 0.237 e. The number of likely N-dealkylation sites (tertiary alicyclic amines) is 1. The lowest BCUT2D eigenvalue weighted by Crippen LogP contribution is -2.54. The van der Waals surface area contributed by atoms with Crippen LogP contribution in [0.25, 0.3) is 0 Å². The molecule has 4 aliphatic rings. The zero-order chi connectivity index (χ0) is 15.0. The molecule has 2 bridgehead atoms. The topological polar surface area (TPSA) is 56.1 Å². The SMILES string of the molecule is CC1(C)[C@H]2CCC(CNCC(=O)N3CCC[C@H]3C#N)[C@@H]1C2. The molecule has 0 spiro atoms. The van der Waals surface area contributed by atoms with Crippen molar-refractivity contribution < 1.29 is 4.79 Å². The maximum atomic E-state index is 12.2. The lowest BCUT2D eigenvalue weighted by molar-refractivity contribution is -0.130. The number of rotatable bonds is 4. The van der Waals surface area contributed by atoms with Crippen LogP contribution < -0.4 is 5.32 Å². The number of hydrogen-bond donors (Lipinski definition) is 1. The zero-order valence-electron chi connectivity index (χ0n) is 13.3. The molecule has 4 heteroatoms. The van der Waals surface area contributed by atoms with E-state index in [1.54, 1.807) is 4.90 Å². The van der Waals surface area contributed by atoms with Gasteiger partial charge in [-0.15, -0.1) is 0 Å². The zero-order valence-corrected chi connectivity index (χ0v) is 13.3. The molecular weight excluding hydrogens is 262 g/mol. The Bertz CT molecular complexity index is 451. The summed E-state index contributed by atoms with van der Waals surface area (Å²) < 4.78 is 0. The second kappa shape index (κ2) is 5.61. The first-order valence-corrected chi connectivity index (χ1v) is 8.44. The lowest BCUT2D eigenvalue weighted by Gasteiger charge is -2.60. The molecule has 4 nitrogen and oxygen atoms in total. The van der Waals surface area contributed by atoms with E-state index in [9.17, 15) is 4.79 Å². The molecular formula is C17H27N3O. The van der Waals surface area contributed by atoms with Crippen LogP contribution in [0.2, 0.25) is 0 Å². The molecule has 4 fully saturated rings. The third-order valence-corrected chi connectivity index (χ3v) is 6.41. The maximum Gasteiger partial charge on any atom is 0.237 e. The number of carbonyl (C=O) groups is 1. The number of carbonyl (C=O) groups excluding carboxylic acids is 1. The highest BCUT2D eigenvalue weighted by atomic mass is 16.2. The van der Waals surface area contributed by atoms with Crippen molar-refractivity contribution in [1.82, 2.24) is 10.2 Å². The van der Waals surface area contributed by atoms with Crippen LogP contribution in [0.3, 0.4) is 0 Å².